The van der Waals surface area contributed by atoms with Gasteiger partial charge in [-0.1, -0.05) is 23.2 Å². The summed E-state index contributed by atoms with van der Waals surface area (Å²) in [6.07, 6.45) is 1.43. The number of likely N-dealkylation sites (tertiary alicyclic amines) is 1. The Hall–Kier alpha value is -1.17. The van der Waals surface area contributed by atoms with E-state index in [4.69, 9.17) is 32.7 Å². The molecule has 0 bridgehead atoms. The van der Waals surface area contributed by atoms with Crippen molar-refractivity contribution in [3.05, 3.63) is 27.7 Å². The second kappa shape index (κ2) is 9.16. The van der Waals surface area contributed by atoms with Gasteiger partial charge in [-0.25, -0.2) is 4.79 Å². The van der Waals surface area contributed by atoms with Crippen LogP contribution in [0.2, 0.25) is 10.0 Å². The number of piperidine rings is 1. The van der Waals surface area contributed by atoms with E-state index >= 15 is 0 Å². The van der Waals surface area contributed by atoms with Crippen molar-refractivity contribution in [3.63, 3.8) is 0 Å². The van der Waals surface area contributed by atoms with Crippen molar-refractivity contribution >= 4 is 29.3 Å². The number of amides is 1. The fourth-order valence-corrected chi connectivity index (χ4v) is 3.60. The predicted molar refractivity (Wildman–Crippen MR) is 105 cm³/mol. The Kier molecular flexibility index (Phi) is 7.44. The van der Waals surface area contributed by atoms with Gasteiger partial charge in [-0.15, -0.1) is 0 Å². The second-order valence-electron chi connectivity index (χ2n) is 7.52. The number of benzene rings is 1. The van der Waals surface area contributed by atoms with E-state index in [2.05, 4.69) is 10.2 Å². The SMILES string of the molecule is CCOc1c(Cl)cc(CN2CCC(NC(=O)OC(C)(C)C)CC2)cc1Cl. The molecule has 0 unspecified atom stereocenters. The van der Waals surface area contributed by atoms with Gasteiger partial charge in [-0.3, -0.25) is 4.90 Å². The second-order valence-corrected chi connectivity index (χ2v) is 8.33. The Morgan fingerprint density at radius 2 is 1.81 bits per heavy atom. The number of rotatable bonds is 5. The molecule has 26 heavy (non-hydrogen) atoms. The van der Waals surface area contributed by atoms with E-state index in [1.807, 2.05) is 39.8 Å². The van der Waals surface area contributed by atoms with Gasteiger partial charge in [0.2, 0.25) is 0 Å². The summed E-state index contributed by atoms with van der Waals surface area (Å²) in [4.78, 5) is 14.2. The third kappa shape index (κ3) is 6.53. The summed E-state index contributed by atoms with van der Waals surface area (Å²) >= 11 is 12.5. The van der Waals surface area contributed by atoms with E-state index in [1.54, 1.807) is 0 Å². The van der Waals surface area contributed by atoms with Crippen LogP contribution in [-0.2, 0) is 11.3 Å². The molecule has 1 N–H and O–H groups in total. The van der Waals surface area contributed by atoms with E-state index in [0.717, 1.165) is 38.0 Å². The van der Waals surface area contributed by atoms with Crippen molar-refractivity contribution in [2.75, 3.05) is 19.7 Å². The van der Waals surface area contributed by atoms with Crippen LogP contribution in [-0.4, -0.2) is 42.3 Å². The van der Waals surface area contributed by atoms with Gasteiger partial charge < -0.3 is 14.8 Å². The monoisotopic (exact) mass is 402 g/mol. The van der Waals surface area contributed by atoms with E-state index in [0.29, 0.717) is 22.4 Å². The van der Waals surface area contributed by atoms with Crippen LogP contribution in [0.25, 0.3) is 0 Å². The Labute approximate surface area is 165 Å². The van der Waals surface area contributed by atoms with Gasteiger partial charge in [-0.2, -0.15) is 0 Å². The molecule has 146 valence electrons. The van der Waals surface area contributed by atoms with Gasteiger partial charge in [0.25, 0.3) is 0 Å². The van der Waals surface area contributed by atoms with Crippen LogP contribution < -0.4 is 10.1 Å². The van der Waals surface area contributed by atoms with Crippen LogP contribution in [0.4, 0.5) is 4.79 Å². The van der Waals surface area contributed by atoms with Crippen LogP contribution >= 0.6 is 23.2 Å². The minimum atomic E-state index is -0.475. The molecule has 5 nitrogen and oxygen atoms in total. The molecular weight excluding hydrogens is 375 g/mol. The molecule has 1 saturated heterocycles. The highest BCUT2D eigenvalue weighted by atomic mass is 35.5. The summed E-state index contributed by atoms with van der Waals surface area (Å²) in [6.45, 7) is 10.6. The van der Waals surface area contributed by atoms with Gasteiger partial charge in [0.1, 0.15) is 5.60 Å². The molecule has 0 aromatic heterocycles. The first-order chi connectivity index (χ1) is 12.2. The van der Waals surface area contributed by atoms with Crippen LogP contribution in [0.3, 0.4) is 0 Å². The average molecular weight is 403 g/mol. The summed E-state index contributed by atoms with van der Waals surface area (Å²) in [7, 11) is 0. The highest BCUT2D eigenvalue weighted by Crippen LogP contribution is 2.34. The fourth-order valence-electron chi connectivity index (χ4n) is 2.95. The molecule has 0 aliphatic carbocycles. The lowest BCUT2D eigenvalue weighted by Gasteiger charge is -2.33. The maximum Gasteiger partial charge on any atom is 0.407 e. The van der Waals surface area contributed by atoms with Gasteiger partial charge >= 0.3 is 6.09 Å². The standard InChI is InChI=1S/C19H28Cl2N2O3/c1-5-25-17-15(20)10-13(11-16(17)21)12-23-8-6-14(7-9-23)22-18(24)26-19(2,3)4/h10-11,14H,5-9,12H2,1-4H3,(H,22,24). The quantitative estimate of drug-likeness (QED) is 0.761. The van der Waals surface area contributed by atoms with Crippen LogP contribution in [0, 0.1) is 0 Å². The Morgan fingerprint density at radius 1 is 1.23 bits per heavy atom. The van der Waals surface area contributed by atoms with Crippen molar-refractivity contribution in [1.82, 2.24) is 10.2 Å². The number of carbonyl (C=O) groups is 1. The first-order valence-corrected chi connectivity index (χ1v) is 9.76. The number of halogens is 2. The van der Waals surface area contributed by atoms with Gasteiger partial charge in [0, 0.05) is 25.7 Å². The lowest BCUT2D eigenvalue weighted by molar-refractivity contribution is 0.0477. The summed E-state index contributed by atoms with van der Waals surface area (Å²) in [6, 6.07) is 3.96. The molecule has 1 aromatic rings. The molecule has 0 radical (unpaired) electrons. The number of nitrogens with zero attached hydrogens (tertiary/aromatic N) is 1. The highest BCUT2D eigenvalue weighted by molar-refractivity contribution is 6.37. The minimum absolute atomic E-state index is 0.147. The average Bonchev–Trinajstić information content (AvgIpc) is 2.51. The zero-order chi connectivity index (χ0) is 19.3. The van der Waals surface area contributed by atoms with E-state index in [-0.39, 0.29) is 12.1 Å². The van der Waals surface area contributed by atoms with E-state index in [1.165, 1.54) is 0 Å². The molecule has 1 aliphatic heterocycles. The normalized spacial score (nSPS) is 16.4. The molecule has 1 fully saturated rings. The molecule has 2 rings (SSSR count). The molecule has 0 atom stereocenters. The van der Waals surface area contributed by atoms with Crippen molar-refractivity contribution in [2.24, 2.45) is 0 Å². The van der Waals surface area contributed by atoms with Crippen LogP contribution in [0.1, 0.15) is 46.1 Å². The molecule has 1 amide bonds. The first-order valence-electron chi connectivity index (χ1n) is 9.00. The molecule has 0 spiro atoms. The number of hydrogen-bond donors (Lipinski definition) is 1. The van der Waals surface area contributed by atoms with Crippen LogP contribution in [0.5, 0.6) is 5.75 Å². The van der Waals surface area contributed by atoms with Crippen molar-refractivity contribution < 1.29 is 14.3 Å². The number of hydrogen-bond acceptors (Lipinski definition) is 4. The molecular formula is C19H28Cl2N2O3. The summed E-state index contributed by atoms with van der Waals surface area (Å²) < 4.78 is 10.8. The van der Waals surface area contributed by atoms with E-state index in [9.17, 15) is 4.79 Å². The number of alkyl carbamates (subject to hydrolysis) is 1. The van der Waals surface area contributed by atoms with Gasteiger partial charge in [0.15, 0.2) is 5.75 Å². The summed E-state index contributed by atoms with van der Waals surface area (Å²) in [5.74, 6) is 0.542. The summed E-state index contributed by atoms with van der Waals surface area (Å²) in [5, 5.41) is 4.03. The Bertz CT molecular complexity index is 601. The third-order valence-corrected chi connectivity index (χ3v) is 4.62. The summed E-state index contributed by atoms with van der Waals surface area (Å²) in [5.41, 5.74) is 0.582. The Balaban J connectivity index is 1.84. The first kappa shape index (κ1) is 21.1. The van der Waals surface area contributed by atoms with Gasteiger partial charge in [0.05, 0.1) is 16.7 Å². The van der Waals surface area contributed by atoms with E-state index < -0.39 is 5.60 Å². The van der Waals surface area contributed by atoms with Crippen LogP contribution in [0.15, 0.2) is 12.1 Å². The van der Waals surface area contributed by atoms with Gasteiger partial charge in [-0.05, 0) is 58.2 Å². The minimum Gasteiger partial charge on any atom is -0.491 e. The topological polar surface area (TPSA) is 50.8 Å². The lowest BCUT2D eigenvalue weighted by atomic mass is 10.0. The molecule has 1 heterocycles. The zero-order valence-corrected chi connectivity index (χ0v) is 17.4. The molecule has 0 saturated carbocycles. The molecule has 1 aliphatic rings. The third-order valence-electron chi connectivity index (χ3n) is 4.06. The number of carbonyl (C=O) groups excluding carboxylic acids is 1. The maximum atomic E-state index is 11.9. The largest absolute Gasteiger partial charge is 0.491 e. The fraction of sp³-hybridized carbons (Fsp3) is 0.632. The lowest BCUT2D eigenvalue weighted by Crippen LogP contribution is -2.45. The van der Waals surface area contributed by atoms with Crippen molar-refractivity contribution in [3.8, 4) is 5.75 Å². The number of ether oxygens (including phenoxy) is 2. The zero-order valence-electron chi connectivity index (χ0n) is 15.9. The maximum absolute atomic E-state index is 11.9. The highest BCUT2D eigenvalue weighted by Gasteiger charge is 2.24. The predicted octanol–water partition coefficient (Wildman–Crippen LogP) is 4.88. The molecule has 1 aromatic carbocycles. The smallest absolute Gasteiger partial charge is 0.407 e. The molecule has 7 heteroatoms. The Morgan fingerprint density at radius 3 is 2.31 bits per heavy atom. The van der Waals surface area contributed by atoms with Crippen molar-refractivity contribution in [1.29, 1.82) is 0 Å². The van der Waals surface area contributed by atoms with Crippen molar-refractivity contribution in [2.45, 2.75) is 58.7 Å². The number of nitrogens with one attached hydrogen (secondary N) is 1.